The van der Waals surface area contributed by atoms with Crippen LogP contribution in [0.25, 0.3) is 17.1 Å². The summed E-state index contributed by atoms with van der Waals surface area (Å²) < 4.78 is 47.1. The number of nitrogens with zero attached hydrogens (tertiary/aromatic N) is 3. The van der Waals surface area contributed by atoms with Crippen molar-refractivity contribution in [1.82, 2.24) is 14.8 Å². The van der Waals surface area contributed by atoms with Gasteiger partial charge < -0.3 is 10.1 Å². The van der Waals surface area contributed by atoms with E-state index in [-0.39, 0.29) is 11.4 Å². The molecule has 0 bridgehead atoms. The number of methoxy groups -OCH3 is 1. The van der Waals surface area contributed by atoms with E-state index in [1.165, 1.54) is 18.2 Å². The van der Waals surface area contributed by atoms with Gasteiger partial charge in [-0.15, -0.1) is 10.2 Å². The number of aryl methyl sites for hydroxylation is 1. The Bertz CT molecular complexity index is 1340. The Morgan fingerprint density at radius 1 is 1.00 bits per heavy atom. The van der Waals surface area contributed by atoms with Gasteiger partial charge in [0.1, 0.15) is 5.75 Å². The predicted octanol–water partition coefficient (Wildman–Crippen LogP) is 6.00. The number of nitrogens with one attached hydrogen (secondary N) is 1. The zero-order valence-electron chi connectivity index (χ0n) is 18.8. The third-order valence-corrected chi connectivity index (χ3v) is 6.04. The molecule has 1 amide bonds. The lowest BCUT2D eigenvalue weighted by Crippen LogP contribution is -2.18. The molecule has 0 saturated heterocycles. The van der Waals surface area contributed by atoms with Crippen LogP contribution < -0.4 is 10.1 Å². The lowest BCUT2D eigenvalue weighted by atomic mass is 10.1. The maximum Gasteiger partial charge on any atom is 0.418 e. The van der Waals surface area contributed by atoms with Gasteiger partial charge in [-0.1, -0.05) is 65.9 Å². The SMILES string of the molecule is COc1ccccc1-n1c(SCC(=O)Nc2ccccc2C(F)(F)F)nnc1-c1ccc(C)cc1. The largest absolute Gasteiger partial charge is 0.495 e. The van der Waals surface area contributed by atoms with E-state index in [2.05, 4.69) is 15.5 Å². The summed E-state index contributed by atoms with van der Waals surface area (Å²) in [6.45, 7) is 1.98. The molecule has 1 heterocycles. The maximum atomic E-state index is 13.3. The average molecular weight is 499 g/mol. The van der Waals surface area contributed by atoms with Gasteiger partial charge in [-0.25, -0.2) is 0 Å². The summed E-state index contributed by atoms with van der Waals surface area (Å²) in [6, 6.07) is 19.9. The Labute approximate surface area is 204 Å². The highest BCUT2D eigenvalue weighted by Crippen LogP contribution is 2.35. The molecule has 0 fully saturated rings. The second kappa shape index (κ2) is 10.2. The van der Waals surface area contributed by atoms with Crippen molar-refractivity contribution in [2.75, 3.05) is 18.2 Å². The van der Waals surface area contributed by atoms with Crippen molar-refractivity contribution in [3.05, 3.63) is 83.9 Å². The molecular formula is C25H21F3N4O2S. The quantitative estimate of drug-likeness (QED) is 0.317. The molecule has 0 aliphatic carbocycles. The van der Waals surface area contributed by atoms with Crippen molar-refractivity contribution in [2.45, 2.75) is 18.3 Å². The third kappa shape index (κ3) is 5.48. The minimum absolute atomic E-state index is 0.173. The van der Waals surface area contributed by atoms with Crippen molar-refractivity contribution < 1.29 is 22.7 Å². The van der Waals surface area contributed by atoms with Gasteiger partial charge in [0.25, 0.3) is 0 Å². The summed E-state index contributed by atoms with van der Waals surface area (Å²) >= 11 is 1.06. The van der Waals surface area contributed by atoms with Crippen LogP contribution in [0, 0.1) is 6.92 Å². The van der Waals surface area contributed by atoms with Gasteiger partial charge in [-0.2, -0.15) is 13.2 Å². The first-order valence-corrected chi connectivity index (χ1v) is 11.5. The Hall–Kier alpha value is -3.79. The number of alkyl halides is 3. The van der Waals surface area contributed by atoms with E-state index in [9.17, 15) is 18.0 Å². The summed E-state index contributed by atoms with van der Waals surface area (Å²) in [4.78, 5) is 12.6. The first-order valence-electron chi connectivity index (χ1n) is 10.5. The van der Waals surface area contributed by atoms with E-state index in [0.717, 1.165) is 29.0 Å². The van der Waals surface area contributed by atoms with Gasteiger partial charge >= 0.3 is 6.18 Å². The van der Waals surface area contributed by atoms with Gasteiger partial charge in [0.2, 0.25) is 5.91 Å². The molecule has 0 aliphatic heterocycles. The number of aromatic nitrogens is 3. The fourth-order valence-corrected chi connectivity index (χ4v) is 4.19. The number of para-hydroxylation sites is 3. The molecule has 0 saturated carbocycles. The molecule has 1 N–H and O–H groups in total. The van der Waals surface area contributed by atoms with E-state index >= 15 is 0 Å². The van der Waals surface area contributed by atoms with Crippen LogP contribution in [0.2, 0.25) is 0 Å². The van der Waals surface area contributed by atoms with E-state index in [4.69, 9.17) is 4.74 Å². The smallest absolute Gasteiger partial charge is 0.418 e. The molecule has 0 aliphatic rings. The molecule has 0 radical (unpaired) electrons. The van der Waals surface area contributed by atoms with Crippen LogP contribution in [0.3, 0.4) is 0 Å². The normalized spacial score (nSPS) is 11.3. The molecule has 0 unspecified atom stereocenters. The Balaban J connectivity index is 1.63. The van der Waals surface area contributed by atoms with Crippen LogP contribution >= 0.6 is 11.8 Å². The minimum Gasteiger partial charge on any atom is -0.495 e. The van der Waals surface area contributed by atoms with Crippen LogP contribution in [0.1, 0.15) is 11.1 Å². The van der Waals surface area contributed by atoms with E-state index in [1.807, 2.05) is 49.4 Å². The number of carbonyl (C=O) groups excluding carboxylic acids is 1. The molecule has 1 aromatic heterocycles. The summed E-state index contributed by atoms with van der Waals surface area (Å²) in [7, 11) is 1.55. The van der Waals surface area contributed by atoms with E-state index in [1.54, 1.807) is 17.7 Å². The molecule has 4 aromatic rings. The molecule has 35 heavy (non-hydrogen) atoms. The van der Waals surface area contributed by atoms with E-state index in [0.29, 0.717) is 22.4 Å². The first kappa shape index (κ1) is 24.3. The standard InChI is InChI=1S/C25H21F3N4O2S/c1-16-11-13-17(14-12-16)23-30-31-24(32(23)20-9-5-6-10-21(20)34-2)35-15-22(33)29-19-8-4-3-7-18(19)25(26,27)28/h3-14H,15H2,1-2H3,(H,29,33). The highest BCUT2D eigenvalue weighted by atomic mass is 32.2. The van der Waals surface area contributed by atoms with Gasteiger partial charge in [-0.05, 0) is 31.2 Å². The van der Waals surface area contributed by atoms with Crippen LogP contribution in [-0.4, -0.2) is 33.5 Å². The maximum absolute atomic E-state index is 13.3. The number of thioether (sulfide) groups is 1. The number of carbonyl (C=O) groups is 1. The van der Waals surface area contributed by atoms with Gasteiger partial charge in [0, 0.05) is 5.56 Å². The average Bonchev–Trinajstić information content (AvgIpc) is 3.26. The van der Waals surface area contributed by atoms with Crippen molar-refractivity contribution in [1.29, 1.82) is 0 Å². The van der Waals surface area contributed by atoms with Gasteiger partial charge in [0.15, 0.2) is 11.0 Å². The summed E-state index contributed by atoms with van der Waals surface area (Å²) in [5.41, 5.74) is 1.36. The number of amides is 1. The lowest BCUT2D eigenvalue weighted by Gasteiger charge is -2.15. The molecule has 3 aromatic carbocycles. The second-order valence-electron chi connectivity index (χ2n) is 7.56. The van der Waals surface area contributed by atoms with E-state index < -0.39 is 17.6 Å². The van der Waals surface area contributed by atoms with Crippen LogP contribution in [-0.2, 0) is 11.0 Å². The molecule has 0 spiro atoms. The third-order valence-electron chi connectivity index (χ3n) is 5.11. The second-order valence-corrected chi connectivity index (χ2v) is 8.50. The fourth-order valence-electron chi connectivity index (χ4n) is 3.44. The van der Waals surface area contributed by atoms with Crippen LogP contribution in [0.4, 0.5) is 18.9 Å². The first-order chi connectivity index (χ1) is 16.8. The number of halogens is 3. The zero-order chi connectivity index (χ0) is 25.0. The van der Waals surface area contributed by atoms with Gasteiger partial charge in [0.05, 0.1) is 29.8 Å². The predicted molar refractivity (Wildman–Crippen MR) is 129 cm³/mol. The lowest BCUT2D eigenvalue weighted by molar-refractivity contribution is -0.137. The zero-order valence-corrected chi connectivity index (χ0v) is 19.7. The number of rotatable bonds is 7. The Kier molecular flexibility index (Phi) is 7.11. The summed E-state index contributed by atoms with van der Waals surface area (Å²) in [5, 5.41) is 11.3. The van der Waals surface area contributed by atoms with Crippen molar-refractivity contribution >= 4 is 23.4 Å². The topological polar surface area (TPSA) is 69.0 Å². The Morgan fingerprint density at radius 3 is 2.40 bits per heavy atom. The number of hydrogen-bond donors (Lipinski definition) is 1. The highest BCUT2D eigenvalue weighted by molar-refractivity contribution is 7.99. The fraction of sp³-hybridized carbons (Fsp3) is 0.160. The number of ether oxygens (including phenoxy) is 1. The summed E-state index contributed by atoms with van der Waals surface area (Å²) in [6.07, 6.45) is -4.58. The van der Waals surface area contributed by atoms with Crippen LogP contribution in [0.15, 0.2) is 78.0 Å². The van der Waals surface area contributed by atoms with Crippen LogP contribution in [0.5, 0.6) is 5.75 Å². The molecule has 0 atom stereocenters. The molecular weight excluding hydrogens is 477 g/mol. The highest BCUT2D eigenvalue weighted by Gasteiger charge is 2.33. The summed E-state index contributed by atoms with van der Waals surface area (Å²) in [5.74, 6) is 0.344. The molecule has 6 nitrogen and oxygen atoms in total. The molecule has 4 rings (SSSR count). The molecule has 180 valence electrons. The monoisotopic (exact) mass is 498 g/mol. The van der Waals surface area contributed by atoms with Crippen molar-refractivity contribution in [2.24, 2.45) is 0 Å². The molecule has 10 heteroatoms. The number of benzene rings is 3. The minimum atomic E-state index is -4.58. The Morgan fingerprint density at radius 2 is 1.69 bits per heavy atom. The van der Waals surface area contributed by atoms with Crippen molar-refractivity contribution in [3.63, 3.8) is 0 Å². The van der Waals surface area contributed by atoms with Crippen molar-refractivity contribution in [3.8, 4) is 22.8 Å². The van der Waals surface area contributed by atoms with Gasteiger partial charge in [-0.3, -0.25) is 9.36 Å². The number of hydrogen-bond acceptors (Lipinski definition) is 5. The number of anilines is 1.